The summed E-state index contributed by atoms with van der Waals surface area (Å²) in [6, 6.07) is 19.8. The number of benzene rings is 2. The van der Waals surface area contributed by atoms with Crippen LogP contribution in [0.2, 0.25) is 0 Å². The predicted molar refractivity (Wildman–Crippen MR) is 67.3 cm³/mol. The van der Waals surface area contributed by atoms with E-state index >= 15 is 0 Å². The van der Waals surface area contributed by atoms with Crippen molar-refractivity contribution in [3.63, 3.8) is 0 Å². The Kier molecular flexibility index (Phi) is 6.00. The molecule has 0 aliphatic heterocycles. The van der Waals surface area contributed by atoms with Gasteiger partial charge < -0.3 is 4.80 Å². The molecular weight excluding hydrogens is 227 g/mol. The van der Waals surface area contributed by atoms with Crippen LogP contribution in [-0.4, -0.2) is 65.2 Å². The van der Waals surface area contributed by atoms with Crippen molar-refractivity contribution >= 4 is 70.8 Å². The minimum Gasteiger partial charge on any atom is -0.426 e. The molecule has 0 atom stereocenters. The van der Waals surface area contributed by atoms with Crippen LogP contribution in [0.15, 0.2) is 60.7 Å². The summed E-state index contributed by atoms with van der Waals surface area (Å²) < 4.78 is 0. The summed E-state index contributed by atoms with van der Waals surface area (Å²) in [7, 11) is -1.92. The van der Waals surface area contributed by atoms with Gasteiger partial charge in [-0.25, -0.2) is 0 Å². The molecule has 0 spiro atoms. The van der Waals surface area contributed by atoms with Crippen LogP contribution in [0.5, 0.6) is 0 Å². The van der Waals surface area contributed by atoms with E-state index in [2.05, 4.69) is 0 Å². The summed E-state index contributed by atoms with van der Waals surface area (Å²) in [5.41, 5.74) is 0. The van der Waals surface area contributed by atoms with E-state index in [0.717, 1.165) is 10.4 Å². The van der Waals surface area contributed by atoms with Gasteiger partial charge in [0.15, 0.2) is 0 Å². The van der Waals surface area contributed by atoms with Gasteiger partial charge in [0.25, 0.3) is 0 Å². The molecule has 0 saturated carbocycles. The van der Waals surface area contributed by atoms with Gasteiger partial charge in [-0.3, -0.25) is 0 Å². The molecule has 0 fully saturated rings. The van der Waals surface area contributed by atoms with Crippen molar-refractivity contribution in [1.82, 2.24) is 0 Å². The van der Waals surface area contributed by atoms with Gasteiger partial charge in [-0.05, 0) is 10.4 Å². The third-order valence-electron chi connectivity index (χ3n) is 2.23. The molecule has 0 heterocycles. The normalized spacial score (nSPS) is 9.73. The molecule has 0 unspecified atom stereocenters. The van der Waals surface area contributed by atoms with Crippen LogP contribution >= 0.6 is 0 Å². The van der Waals surface area contributed by atoms with E-state index < -0.39 is 9.04 Å². The van der Waals surface area contributed by atoms with Crippen LogP contribution in [0.1, 0.15) is 0 Å². The topological polar surface area (TPSA) is 20.2 Å². The summed E-state index contributed by atoms with van der Waals surface area (Å²) in [6.45, 7) is 0. The fraction of sp³-hybridized carbons (Fsp3) is 0. The average Bonchev–Trinajstić information content (AvgIpc) is 2.30. The van der Waals surface area contributed by atoms with Gasteiger partial charge in [0.1, 0.15) is 0 Å². The fourth-order valence-electron chi connectivity index (χ4n) is 1.46. The van der Waals surface area contributed by atoms with Crippen molar-refractivity contribution < 1.29 is 4.80 Å². The first-order chi connectivity index (χ1) is 6.88. The zero-order chi connectivity index (χ0) is 9.80. The molecule has 1 radical (unpaired) electrons. The molecule has 0 amide bonds. The third kappa shape index (κ3) is 3.64. The van der Waals surface area contributed by atoms with Gasteiger partial charge in [0.2, 0.25) is 9.04 Å². The molecule has 0 bridgehead atoms. The molecule has 0 aliphatic rings. The first-order valence-corrected chi connectivity index (χ1v) is 6.33. The molecule has 2 rings (SSSR count). The molecule has 15 heavy (non-hydrogen) atoms. The maximum atomic E-state index is 10.1. The van der Waals surface area contributed by atoms with Gasteiger partial charge in [0.05, 0.1) is 0 Å². The Balaban J connectivity index is 0.00000112. The van der Waals surface area contributed by atoms with Crippen LogP contribution in [0.4, 0.5) is 0 Å². The predicted octanol–water partition coefficient (Wildman–Crippen LogP) is 0.136. The number of rotatable bonds is 2. The Morgan fingerprint density at radius 2 is 1.00 bits per heavy atom. The van der Waals surface area contributed by atoms with E-state index in [0.29, 0.717) is 0 Å². The van der Waals surface area contributed by atoms with Crippen LogP contribution < -0.4 is 10.4 Å². The zero-order valence-electron chi connectivity index (χ0n) is 8.80. The molecule has 71 valence electrons. The van der Waals surface area contributed by atoms with E-state index in [-0.39, 0.29) is 51.4 Å². The molecule has 2 aromatic rings. The van der Waals surface area contributed by atoms with Crippen LogP contribution in [0.25, 0.3) is 0 Å². The summed E-state index contributed by atoms with van der Waals surface area (Å²) >= 11 is 0. The smallest absolute Gasteiger partial charge is 0.236 e. The maximum Gasteiger partial charge on any atom is 0.236 e. The fourth-order valence-corrected chi connectivity index (χ4v) is 3.02. The molecule has 1 nitrogen and oxygen atoms in total. The Hall–Kier alpha value is 0.253. The van der Waals surface area contributed by atoms with E-state index in [9.17, 15) is 4.80 Å². The second-order valence-electron chi connectivity index (χ2n) is 3.22. The molecule has 0 aromatic heterocycles. The van der Waals surface area contributed by atoms with Crippen molar-refractivity contribution in [1.29, 1.82) is 0 Å². The first-order valence-electron chi connectivity index (χ1n) is 4.66. The minimum atomic E-state index is -1.92. The van der Waals surface area contributed by atoms with Crippen LogP contribution in [0, 0.1) is 0 Å². The molecule has 1 N–H and O–H groups in total. The minimum absolute atomic E-state index is 0. The van der Waals surface area contributed by atoms with Gasteiger partial charge in [0, 0.05) is 51.4 Å². The van der Waals surface area contributed by atoms with Gasteiger partial charge >= 0.3 is 0 Å². The van der Waals surface area contributed by atoms with E-state index in [1.165, 1.54) is 0 Å². The van der Waals surface area contributed by atoms with Crippen molar-refractivity contribution in [2.24, 2.45) is 0 Å². The van der Waals surface area contributed by atoms with Crippen molar-refractivity contribution in [2.75, 3.05) is 0 Å². The average molecular weight is 239 g/mol. The quantitative estimate of drug-likeness (QED) is 0.739. The molecular formula is C12H12KOSi. The summed E-state index contributed by atoms with van der Waals surface area (Å²) in [5, 5.41) is 2.14. The Bertz CT molecular complexity index is 351. The van der Waals surface area contributed by atoms with E-state index in [1.807, 2.05) is 60.7 Å². The van der Waals surface area contributed by atoms with E-state index in [4.69, 9.17) is 0 Å². The van der Waals surface area contributed by atoms with Crippen molar-refractivity contribution in [3.8, 4) is 0 Å². The van der Waals surface area contributed by atoms with Crippen molar-refractivity contribution in [2.45, 2.75) is 0 Å². The monoisotopic (exact) mass is 239 g/mol. The summed E-state index contributed by atoms with van der Waals surface area (Å²) in [4.78, 5) is 10.1. The maximum absolute atomic E-state index is 10.1. The van der Waals surface area contributed by atoms with Gasteiger partial charge in [-0.1, -0.05) is 60.7 Å². The number of hydrogen-bond acceptors (Lipinski definition) is 1. The largest absolute Gasteiger partial charge is 0.426 e. The summed E-state index contributed by atoms with van der Waals surface area (Å²) in [6.07, 6.45) is 0. The van der Waals surface area contributed by atoms with Gasteiger partial charge in [-0.2, -0.15) is 0 Å². The third-order valence-corrected chi connectivity index (χ3v) is 4.26. The van der Waals surface area contributed by atoms with Gasteiger partial charge in [-0.15, -0.1) is 0 Å². The Morgan fingerprint density at radius 3 is 1.33 bits per heavy atom. The summed E-state index contributed by atoms with van der Waals surface area (Å²) in [5.74, 6) is 0. The Morgan fingerprint density at radius 1 is 0.667 bits per heavy atom. The first kappa shape index (κ1) is 13.3. The molecule has 3 heteroatoms. The molecule has 2 aromatic carbocycles. The standard InChI is InChI=1S/C12H12OSi.K/c13-14(11-7-3-1-4-8-11)12-9-5-2-6-10-12;/h1-10,13-14H;. The zero-order valence-corrected chi connectivity index (χ0v) is 13.1. The SMILES string of the molecule is O[SiH](c1ccccc1)c1ccccc1.[K]. The van der Waals surface area contributed by atoms with Crippen molar-refractivity contribution in [3.05, 3.63) is 60.7 Å². The molecule has 0 saturated heterocycles. The number of hydrogen-bond donors (Lipinski definition) is 1. The molecule has 0 aliphatic carbocycles. The second kappa shape index (κ2) is 6.75. The van der Waals surface area contributed by atoms with Crippen LogP contribution in [-0.2, 0) is 0 Å². The van der Waals surface area contributed by atoms with E-state index in [1.54, 1.807) is 0 Å². The Labute approximate surface area is 134 Å². The second-order valence-corrected chi connectivity index (χ2v) is 5.36. The van der Waals surface area contributed by atoms with Crippen LogP contribution in [0.3, 0.4) is 0 Å².